The zero-order chi connectivity index (χ0) is 13.1. The molecule has 0 aliphatic rings. The first-order valence-corrected chi connectivity index (χ1v) is 6.27. The van der Waals surface area contributed by atoms with E-state index in [0.717, 1.165) is 17.0 Å². The quantitative estimate of drug-likeness (QED) is 0.885. The van der Waals surface area contributed by atoms with Gasteiger partial charge in [-0.05, 0) is 17.7 Å². The highest BCUT2D eigenvalue weighted by molar-refractivity contribution is 9.09. The summed E-state index contributed by atoms with van der Waals surface area (Å²) in [6, 6.07) is 6.02. The van der Waals surface area contributed by atoms with Crippen molar-refractivity contribution in [2.45, 2.75) is 0 Å². The number of hydrogen-bond donors (Lipinski definition) is 1. The lowest BCUT2D eigenvalue weighted by molar-refractivity contribution is 0.0663. The number of fused-ring (bicyclic) bond motifs is 1. The molecule has 0 aliphatic heterocycles. The van der Waals surface area contributed by atoms with Crippen LogP contribution >= 0.6 is 15.9 Å². The number of allylic oxidation sites excluding steroid dienone is 1. The first kappa shape index (κ1) is 12.6. The lowest BCUT2D eigenvalue weighted by Gasteiger charge is -2.00. The van der Waals surface area contributed by atoms with Crippen molar-refractivity contribution in [3.8, 4) is 0 Å². The van der Waals surface area contributed by atoms with Crippen LogP contribution in [-0.4, -0.2) is 16.4 Å². The Morgan fingerprint density at radius 1 is 1.39 bits per heavy atom. The van der Waals surface area contributed by atoms with Crippen molar-refractivity contribution in [2.24, 2.45) is 0 Å². The van der Waals surface area contributed by atoms with Crippen LogP contribution in [0, 0.1) is 0 Å². The van der Waals surface area contributed by atoms with Gasteiger partial charge in [-0.15, -0.1) is 0 Å². The van der Waals surface area contributed by atoms with Crippen LogP contribution in [0.3, 0.4) is 0 Å². The molecule has 0 fully saturated rings. The van der Waals surface area contributed by atoms with Gasteiger partial charge in [0.1, 0.15) is 5.58 Å². The minimum absolute atomic E-state index is 0.274. The van der Waals surface area contributed by atoms with Crippen LogP contribution in [0.2, 0.25) is 0 Å². The van der Waals surface area contributed by atoms with Crippen molar-refractivity contribution in [3.63, 3.8) is 0 Å². The van der Waals surface area contributed by atoms with Gasteiger partial charge in [0.25, 0.3) is 0 Å². The summed E-state index contributed by atoms with van der Waals surface area (Å²) in [6.07, 6.45) is 3.76. The first-order valence-electron chi connectivity index (χ1n) is 5.15. The fourth-order valence-electron chi connectivity index (χ4n) is 1.56. The van der Waals surface area contributed by atoms with Crippen LogP contribution in [0.15, 0.2) is 39.6 Å². The van der Waals surface area contributed by atoms with E-state index in [2.05, 4.69) is 15.9 Å². The van der Waals surface area contributed by atoms with Crippen molar-refractivity contribution >= 4 is 38.9 Å². The third-order valence-corrected chi connectivity index (χ3v) is 2.74. The molecule has 92 valence electrons. The number of benzene rings is 1. The summed E-state index contributed by atoms with van der Waals surface area (Å²) < 4.78 is 5.13. The maximum atomic E-state index is 11.8. The van der Waals surface area contributed by atoms with Crippen LogP contribution in [-0.2, 0) is 0 Å². The standard InChI is InChI=1S/C13H9BrO4/c14-5-1-2-8-3-4-11-9(6-8)10(15)7-12(18-11)13(16)17/h1-4,6-7H,5H2,(H,16,17). The Morgan fingerprint density at radius 2 is 2.17 bits per heavy atom. The van der Waals surface area contributed by atoms with Gasteiger partial charge >= 0.3 is 5.97 Å². The molecule has 0 amide bonds. The molecular formula is C13H9BrO4. The van der Waals surface area contributed by atoms with Crippen molar-refractivity contribution in [2.75, 3.05) is 5.33 Å². The first-order chi connectivity index (χ1) is 8.61. The number of hydrogen-bond acceptors (Lipinski definition) is 3. The number of aromatic carboxylic acids is 1. The molecular weight excluding hydrogens is 300 g/mol. The molecule has 0 aliphatic carbocycles. The molecule has 0 saturated carbocycles. The maximum absolute atomic E-state index is 11.8. The lowest BCUT2D eigenvalue weighted by Crippen LogP contribution is -2.06. The Bertz CT molecular complexity index is 685. The molecule has 1 aromatic heterocycles. The fourth-order valence-corrected chi connectivity index (χ4v) is 1.75. The average Bonchev–Trinajstić information content (AvgIpc) is 2.36. The Balaban J connectivity index is 2.62. The number of carbonyl (C=O) groups is 1. The topological polar surface area (TPSA) is 67.5 Å². The van der Waals surface area contributed by atoms with E-state index >= 15 is 0 Å². The molecule has 0 atom stereocenters. The molecule has 4 nitrogen and oxygen atoms in total. The molecule has 1 aromatic carbocycles. The van der Waals surface area contributed by atoms with E-state index in [4.69, 9.17) is 9.52 Å². The van der Waals surface area contributed by atoms with Gasteiger partial charge in [-0.3, -0.25) is 4.79 Å². The van der Waals surface area contributed by atoms with Crippen LogP contribution < -0.4 is 5.43 Å². The van der Waals surface area contributed by atoms with E-state index in [1.165, 1.54) is 0 Å². The summed E-state index contributed by atoms with van der Waals surface area (Å²) in [4.78, 5) is 22.5. The van der Waals surface area contributed by atoms with Gasteiger partial charge < -0.3 is 9.52 Å². The highest BCUT2D eigenvalue weighted by atomic mass is 79.9. The molecule has 0 unspecified atom stereocenters. The molecule has 0 radical (unpaired) electrons. The van der Waals surface area contributed by atoms with Crippen LogP contribution in [0.5, 0.6) is 0 Å². The van der Waals surface area contributed by atoms with E-state index in [-0.39, 0.29) is 16.8 Å². The Kier molecular flexibility index (Phi) is 3.62. The monoisotopic (exact) mass is 308 g/mol. The summed E-state index contributed by atoms with van der Waals surface area (Å²) in [5, 5.41) is 9.88. The summed E-state index contributed by atoms with van der Waals surface area (Å²) in [7, 11) is 0. The minimum Gasteiger partial charge on any atom is -0.475 e. The van der Waals surface area contributed by atoms with E-state index < -0.39 is 5.97 Å². The minimum atomic E-state index is -1.25. The molecule has 2 aromatic rings. The van der Waals surface area contributed by atoms with E-state index in [0.29, 0.717) is 5.39 Å². The summed E-state index contributed by atoms with van der Waals surface area (Å²) in [5.74, 6) is -1.60. The van der Waals surface area contributed by atoms with Gasteiger partial charge in [0.05, 0.1) is 5.39 Å². The average molecular weight is 309 g/mol. The Morgan fingerprint density at radius 3 is 2.83 bits per heavy atom. The molecule has 1 heterocycles. The molecule has 5 heteroatoms. The third-order valence-electron chi connectivity index (χ3n) is 2.36. The van der Waals surface area contributed by atoms with Crippen molar-refractivity contribution in [3.05, 3.63) is 51.9 Å². The van der Waals surface area contributed by atoms with Crippen LogP contribution in [0.25, 0.3) is 17.0 Å². The van der Waals surface area contributed by atoms with Gasteiger partial charge in [0.2, 0.25) is 5.76 Å². The number of alkyl halides is 1. The van der Waals surface area contributed by atoms with Crippen LogP contribution in [0.1, 0.15) is 16.1 Å². The summed E-state index contributed by atoms with van der Waals surface area (Å²) in [5.41, 5.74) is 0.774. The molecule has 1 N–H and O–H groups in total. The van der Waals surface area contributed by atoms with Crippen LogP contribution in [0.4, 0.5) is 0 Å². The SMILES string of the molecule is O=C(O)c1cc(=O)c2cc(C=CCBr)ccc2o1. The highest BCUT2D eigenvalue weighted by Crippen LogP contribution is 2.15. The number of carboxylic acid groups (broad SMARTS) is 1. The largest absolute Gasteiger partial charge is 0.475 e. The van der Waals surface area contributed by atoms with Gasteiger partial charge in [0.15, 0.2) is 5.43 Å². The predicted molar refractivity (Wildman–Crippen MR) is 72.3 cm³/mol. The van der Waals surface area contributed by atoms with Crippen molar-refractivity contribution < 1.29 is 14.3 Å². The van der Waals surface area contributed by atoms with Gasteiger partial charge in [0, 0.05) is 11.4 Å². The number of rotatable bonds is 3. The van der Waals surface area contributed by atoms with Gasteiger partial charge in [-0.25, -0.2) is 4.79 Å². The fraction of sp³-hybridized carbons (Fsp3) is 0.0769. The van der Waals surface area contributed by atoms with E-state index in [9.17, 15) is 9.59 Å². The Labute approximate surface area is 111 Å². The maximum Gasteiger partial charge on any atom is 0.371 e. The second kappa shape index (κ2) is 5.18. The van der Waals surface area contributed by atoms with Crippen molar-refractivity contribution in [1.82, 2.24) is 0 Å². The Hall–Kier alpha value is -1.88. The lowest BCUT2D eigenvalue weighted by atomic mass is 10.1. The van der Waals surface area contributed by atoms with E-state index in [1.54, 1.807) is 18.2 Å². The molecule has 0 spiro atoms. The molecule has 2 rings (SSSR count). The number of halogens is 1. The summed E-state index contributed by atoms with van der Waals surface area (Å²) >= 11 is 3.26. The highest BCUT2D eigenvalue weighted by Gasteiger charge is 2.10. The molecule has 0 saturated heterocycles. The predicted octanol–water partition coefficient (Wildman–Crippen LogP) is 2.90. The second-order valence-corrected chi connectivity index (χ2v) is 4.24. The number of carboxylic acids is 1. The smallest absolute Gasteiger partial charge is 0.371 e. The third kappa shape index (κ3) is 2.51. The zero-order valence-corrected chi connectivity index (χ0v) is 10.8. The zero-order valence-electron chi connectivity index (χ0n) is 9.22. The van der Waals surface area contributed by atoms with E-state index in [1.807, 2.05) is 12.2 Å². The molecule has 0 bridgehead atoms. The van der Waals surface area contributed by atoms with Gasteiger partial charge in [-0.2, -0.15) is 0 Å². The normalized spacial score (nSPS) is 11.2. The summed E-state index contributed by atoms with van der Waals surface area (Å²) in [6.45, 7) is 0. The second-order valence-electron chi connectivity index (χ2n) is 3.59. The van der Waals surface area contributed by atoms with Crippen molar-refractivity contribution in [1.29, 1.82) is 0 Å². The van der Waals surface area contributed by atoms with Gasteiger partial charge in [-0.1, -0.05) is 34.1 Å². The molecule has 18 heavy (non-hydrogen) atoms.